The average Bonchev–Trinajstić information content (AvgIpc) is 2.12. The third-order valence-electron chi connectivity index (χ3n) is 1.38. The van der Waals surface area contributed by atoms with Crippen molar-refractivity contribution in [2.45, 2.75) is 0 Å². The van der Waals surface area contributed by atoms with Gasteiger partial charge in [-0.2, -0.15) is 15.0 Å². The first-order valence-electron chi connectivity index (χ1n) is 3.77. The highest BCUT2D eigenvalue weighted by Gasteiger charge is 2.09. The zero-order chi connectivity index (χ0) is 10.6. The maximum atomic E-state index is 10.6. The van der Waals surface area contributed by atoms with E-state index in [1.807, 2.05) is 0 Å². The van der Waals surface area contributed by atoms with Gasteiger partial charge >= 0.3 is 0 Å². The summed E-state index contributed by atoms with van der Waals surface area (Å²) < 4.78 is 0. The quantitative estimate of drug-likeness (QED) is 0.476. The molecule has 76 valence electrons. The van der Waals surface area contributed by atoms with Gasteiger partial charge in [-0.3, -0.25) is 9.69 Å². The second-order valence-corrected chi connectivity index (χ2v) is 2.37. The third kappa shape index (κ3) is 2.26. The first-order valence-corrected chi connectivity index (χ1v) is 3.77. The Labute approximate surface area is 79.6 Å². The number of aliphatic hydroxyl groups is 1. The minimum absolute atomic E-state index is 0.0269. The minimum Gasteiger partial charge on any atom is -0.395 e. The molecule has 0 aliphatic carbocycles. The van der Waals surface area contributed by atoms with Crippen LogP contribution in [-0.2, 0) is 4.79 Å². The second kappa shape index (κ2) is 4.33. The van der Waals surface area contributed by atoms with E-state index >= 15 is 0 Å². The molecule has 0 saturated heterocycles. The van der Waals surface area contributed by atoms with Crippen LogP contribution in [0, 0.1) is 0 Å². The molecule has 0 atom stereocenters. The van der Waals surface area contributed by atoms with E-state index < -0.39 is 0 Å². The van der Waals surface area contributed by atoms with Crippen molar-refractivity contribution in [2.24, 2.45) is 0 Å². The number of carbonyl (C=O) groups is 1. The van der Waals surface area contributed by atoms with E-state index in [1.165, 1.54) is 0 Å². The summed E-state index contributed by atoms with van der Waals surface area (Å²) >= 11 is 0. The molecule has 0 unspecified atom stereocenters. The molecular weight excluding hydrogens is 188 g/mol. The summed E-state index contributed by atoms with van der Waals surface area (Å²) in [6, 6.07) is 0. The highest BCUT2D eigenvalue weighted by atomic mass is 16.3. The van der Waals surface area contributed by atoms with Crippen molar-refractivity contribution in [3.63, 3.8) is 0 Å². The molecule has 1 aromatic heterocycles. The molecule has 0 radical (unpaired) electrons. The number of aliphatic hydroxyl groups excluding tert-OH is 1. The van der Waals surface area contributed by atoms with Crippen LogP contribution < -0.4 is 16.4 Å². The Morgan fingerprint density at radius 3 is 2.29 bits per heavy atom. The van der Waals surface area contributed by atoms with Gasteiger partial charge < -0.3 is 16.6 Å². The largest absolute Gasteiger partial charge is 0.395 e. The summed E-state index contributed by atoms with van der Waals surface area (Å²) in [5, 5.41) is 8.63. The molecule has 0 aliphatic heterocycles. The molecule has 0 saturated carbocycles. The van der Waals surface area contributed by atoms with Crippen molar-refractivity contribution in [1.82, 2.24) is 15.0 Å². The predicted molar refractivity (Wildman–Crippen MR) is 49.1 cm³/mol. The SMILES string of the molecule is Nc1nc(N)nc(N(C=O)CCO)n1. The van der Waals surface area contributed by atoms with Gasteiger partial charge in [-0.05, 0) is 0 Å². The number of amides is 1. The fraction of sp³-hybridized carbons (Fsp3) is 0.333. The molecule has 1 rings (SSSR count). The number of rotatable bonds is 4. The predicted octanol–water partition coefficient (Wildman–Crippen LogP) is -2.01. The Morgan fingerprint density at radius 1 is 1.29 bits per heavy atom. The van der Waals surface area contributed by atoms with Crippen LogP contribution in [-0.4, -0.2) is 39.6 Å². The number of aromatic nitrogens is 3. The Kier molecular flexibility index (Phi) is 3.13. The van der Waals surface area contributed by atoms with Crippen LogP contribution >= 0.6 is 0 Å². The van der Waals surface area contributed by atoms with Crippen molar-refractivity contribution in [3.8, 4) is 0 Å². The topological polar surface area (TPSA) is 131 Å². The van der Waals surface area contributed by atoms with Crippen LogP contribution in [0.4, 0.5) is 17.8 Å². The zero-order valence-corrected chi connectivity index (χ0v) is 7.29. The van der Waals surface area contributed by atoms with Gasteiger partial charge in [-0.25, -0.2) is 0 Å². The van der Waals surface area contributed by atoms with Gasteiger partial charge in [-0.15, -0.1) is 0 Å². The molecule has 0 bridgehead atoms. The lowest BCUT2D eigenvalue weighted by Gasteiger charge is -2.13. The van der Waals surface area contributed by atoms with Crippen LogP contribution in [0.15, 0.2) is 0 Å². The van der Waals surface area contributed by atoms with Crippen molar-refractivity contribution >= 4 is 24.3 Å². The summed E-state index contributed by atoms with van der Waals surface area (Å²) in [5.41, 5.74) is 10.6. The Balaban J connectivity index is 2.97. The van der Waals surface area contributed by atoms with Crippen molar-refractivity contribution < 1.29 is 9.90 Å². The van der Waals surface area contributed by atoms with Crippen LogP contribution in [0.25, 0.3) is 0 Å². The molecule has 1 amide bonds. The molecule has 8 nitrogen and oxygen atoms in total. The third-order valence-corrected chi connectivity index (χ3v) is 1.38. The molecular formula is C6H10N6O2. The van der Waals surface area contributed by atoms with Gasteiger partial charge in [-0.1, -0.05) is 0 Å². The van der Waals surface area contributed by atoms with E-state index in [0.29, 0.717) is 6.41 Å². The summed E-state index contributed by atoms with van der Waals surface area (Å²) in [7, 11) is 0. The molecule has 0 aromatic carbocycles. The van der Waals surface area contributed by atoms with E-state index in [4.69, 9.17) is 16.6 Å². The fourth-order valence-corrected chi connectivity index (χ4v) is 0.833. The number of hydrogen-bond donors (Lipinski definition) is 3. The summed E-state index contributed by atoms with van der Waals surface area (Å²) in [6.45, 7) is -0.128. The number of anilines is 3. The summed E-state index contributed by atoms with van der Waals surface area (Å²) in [6.07, 6.45) is 0.477. The van der Waals surface area contributed by atoms with Crippen molar-refractivity contribution in [1.29, 1.82) is 0 Å². The minimum atomic E-state index is -0.204. The van der Waals surface area contributed by atoms with Crippen LogP contribution in [0.3, 0.4) is 0 Å². The van der Waals surface area contributed by atoms with Gasteiger partial charge in [0.1, 0.15) is 0 Å². The van der Waals surface area contributed by atoms with Gasteiger partial charge in [0, 0.05) is 0 Å². The molecule has 0 fully saturated rings. The molecule has 0 spiro atoms. The normalized spacial score (nSPS) is 9.79. The van der Waals surface area contributed by atoms with Crippen LogP contribution in [0.1, 0.15) is 0 Å². The van der Waals surface area contributed by atoms with Crippen LogP contribution in [0.2, 0.25) is 0 Å². The number of carbonyl (C=O) groups excluding carboxylic acids is 1. The van der Waals surface area contributed by atoms with Gasteiger partial charge in [0.05, 0.1) is 13.2 Å². The Hall–Kier alpha value is -1.96. The first kappa shape index (κ1) is 10.1. The van der Waals surface area contributed by atoms with E-state index in [1.54, 1.807) is 0 Å². The molecule has 1 aromatic rings. The first-order chi connectivity index (χ1) is 6.67. The highest BCUT2D eigenvalue weighted by molar-refractivity contribution is 5.71. The number of nitrogens with zero attached hydrogens (tertiary/aromatic N) is 4. The van der Waals surface area contributed by atoms with Crippen molar-refractivity contribution in [2.75, 3.05) is 29.5 Å². The lowest BCUT2D eigenvalue weighted by molar-refractivity contribution is -0.107. The smallest absolute Gasteiger partial charge is 0.238 e. The summed E-state index contributed by atoms with van der Waals surface area (Å²) in [4.78, 5) is 22.5. The van der Waals surface area contributed by atoms with E-state index in [-0.39, 0.29) is 31.0 Å². The summed E-state index contributed by atoms with van der Waals surface area (Å²) in [5.74, 6) is -0.117. The zero-order valence-electron chi connectivity index (χ0n) is 7.29. The number of nitrogen functional groups attached to an aromatic ring is 2. The average molecular weight is 198 g/mol. The Morgan fingerprint density at radius 2 is 1.86 bits per heavy atom. The number of hydrogen-bond acceptors (Lipinski definition) is 7. The van der Waals surface area contributed by atoms with E-state index in [0.717, 1.165) is 4.90 Å². The molecule has 0 aliphatic rings. The number of nitrogens with two attached hydrogens (primary N) is 2. The monoisotopic (exact) mass is 198 g/mol. The molecule has 8 heteroatoms. The van der Waals surface area contributed by atoms with Crippen LogP contribution in [0.5, 0.6) is 0 Å². The Bertz CT molecular complexity index is 310. The lowest BCUT2D eigenvalue weighted by atomic mass is 10.6. The van der Waals surface area contributed by atoms with E-state index in [2.05, 4.69) is 15.0 Å². The fourth-order valence-electron chi connectivity index (χ4n) is 0.833. The molecule has 1 heterocycles. The van der Waals surface area contributed by atoms with Gasteiger partial charge in [0.15, 0.2) is 0 Å². The molecule has 14 heavy (non-hydrogen) atoms. The maximum Gasteiger partial charge on any atom is 0.238 e. The van der Waals surface area contributed by atoms with E-state index in [9.17, 15) is 4.79 Å². The van der Waals surface area contributed by atoms with Gasteiger partial charge in [0.2, 0.25) is 24.3 Å². The lowest BCUT2D eigenvalue weighted by Crippen LogP contribution is -2.27. The van der Waals surface area contributed by atoms with Crippen molar-refractivity contribution in [3.05, 3.63) is 0 Å². The second-order valence-electron chi connectivity index (χ2n) is 2.37. The standard InChI is InChI=1S/C6H10N6O2/c7-4-9-5(8)11-6(10-4)12(3-14)1-2-13/h3,13H,1-2H2,(H4,7,8,9,10,11). The maximum absolute atomic E-state index is 10.6. The van der Waals surface area contributed by atoms with Gasteiger partial charge in [0.25, 0.3) is 0 Å². The highest BCUT2D eigenvalue weighted by Crippen LogP contribution is 2.07. The molecule has 5 N–H and O–H groups in total.